The standard InChI is InChI=1S/C50H67N3O3/c1-32(2)38-19-24-50(51-43(54)31-53-30-36-27-37(53)29-52(36)28-33-11-9-8-10-12-33)26-25-48(6)40(44(38)50)17-18-42-47(5)22-20-39(34-13-15-35(16-14-34)45(55)56)46(3,4)41(47)21-23-49(42,48)7/h8-16,20,36-38,40-42,44H,1,17-19,21-31H2,2-7H3,(H,51,54)(H,55,56)/t36-,37-,38-,40+,41-,42+,44+,47-,48+,49+,50-/m0/s1. The van der Waals surface area contributed by atoms with Crippen molar-refractivity contribution in [3.05, 3.63) is 89.5 Å². The van der Waals surface area contributed by atoms with Crippen LogP contribution in [0.3, 0.4) is 0 Å². The summed E-state index contributed by atoms with van der Waals surface area (Å²) in [6.45, 7) is 23.4. The van der Waals surface area contributed by atoms with Gasteiger partial charge in [-0.25, -0.2) is 4.79 Å². The number of amides is 1. The van der Waals surface area contributed by atoms with Crippen LogP contribution in [0.5, 0.6) is 0 Å². The van der Waals surface area contributed by atoms with E-state index < -0.39 is 5.97 Å². The first kappa shape index (κ1) is 38.3. The van der Waals surface area contributed by atoms with E-state index in [0.717, 1.165) is 45.3 Å². The summed E-state index contributed by atoms with van der Waals surface area (Å²) in [7, 11) is 0. The molecule has 7 aliphatic rings. The fourth-order valence-electron chi connectivity index (χ4n) is 15.8. The van der Waals surface area contributed by atoms with Gasteiger partial charge in [-0.05, 0) is 151 Å². The molecule has 2 N–H and O–H groups in total. The first-order valence-corrected chi connectivity index (χ1v) is 22.1. The molecule has 4 saturated carbocycles. The normalized spacial score (nSPS) is 41.2. The number of carbonyl (C=O) groups excluding carboxylic acids is 1. The maximum Gasteiger partial charge on any atom is 0.335 e. The fourth-order valence-corrected chi connectivity index (χ4v) is 15.8. The van der Waals surface area contributed by atoms with Crippen LogP contribution < -0.4 is 5.32 Å². The molecule has 6 fully saturated rings. The maximum atomic E-state index is 14.3. The number of carboxylic acids is 1. The van der Waals surface area contributed by atoms with E-state index in [1.54, 1.807) is 12.1 Å². The van der Waals surface area contributed by atoms with Gasteiger partial charge in [-0.2, -0.15) is 0 Å². The maximum absolute atomic E-state index is 14.3. The van der Waals surface area contributed by atoms with Gasteiger partial charge in [-0.1, -0.05) is 95.3 Å². The number of nitrogens with zero attached hydrogens (tertiary/aromatic N) is 2. The monoisotopic (exact) mass is 758 g/mol. The lowest BCUT2D eigenvalue weighted by molar-refractivity contribution is -0.219. The molecule has 2 heterocycles. The van der Waals surface area contributed by atoms with Crippen molar-refractivity contribution in [3.8, 4) is 0 Å². The lowest BCUT2D eigenvalue weighted by Crippen LogP contribution is -2.68. The highest BCUT2D eigenvalue weighted by Gasteiger charge is 2.70. The molecule has 0 spiro atoms. The largest absolute Gasteiger partial charge is 0.478 e. The highest BCUT2D eigenvalue weighted by atomic mass is 16.4. The van der Waals surface area contributed by atoms with Gasteiger partial charge < -0.3 is 10.4 Å². The third-order valence-electron chi connectivity index (χ3n) is 18.5. The summed E-state index contributed by atoms with van der Waals surface area (Å²) in [6, 6.07) is 19.5. The van der Waals surface area contributed by atoms with E-state index in [9.17, 15) is 14.7 Å². The Hall–Kier alpha value is -3.22. The number of aromatic carboxylic acids is 1. The molecular weight excluding hydrogens is 691 g/mol. The highest BCUT2D eigenvalue weighted by Crippen LogP contribution is 2.76. The van der Waals surface area contributed by atoms with Gasteiger partial charge in [0, 0.05) is 37.3 Å². The number of carbonyl (C=O) groups is 2. The SMILES string of the molecule is C=C(C)[C@@H]1CC[C@]2(NC(=O)CN3C[C@@H]4C[C@H]3CN4Cc3ccccc3)CC[C@]3(C)[C@H](CC[C@@H]4[C@@]5(C)CC=C(c6ccc(C(=O)O)cc6)C(C)(C)[C@@H]5CC[C@]43C)[C@@H]12. The summed E-state index contributed by atoms with van der Waals surface area (Å²) in [5.74, 6) is 2.08. The molecule has 5 aliphatic carbocycles. The fraction of sp³-hybridized carbons (Fsp3) is 0.640. The molecule has 2 aromatic carbocycles. The predicted molar refractivity (Wildman–Crippen MR) is 225 cm³/mol. The van der Waals surface area contributed by atoms with E-state index in [0.29, 0.717) is 53.8 Å². The second-order valence-electron chi connectivity index (χ2n) is 21.2. The van der Waals surface area contributed by atoms with Crippen molar-refractivity contribution in [2.75, 3.05) is 19.6 Å². The third kappa shape index (κ3) is 5.68. The minimum atomic E-state index is -0.869. The number of hydrogen-bond donors (Lipinski definition) is 2. The van der Waals surface area contributed by atoms with Crippen molar-refractivity contribution in [1.82, 2.24) is 15.1 Å². The first-order valence-electron chi connectivity index (χ1n) is 22.1. The van der Waals surface area contributed by atoms with E-state index in [1.807, 2.05) is 12.1 Å². The zero-order valence-corrected chi connectivity index (χ0v) is 35.1. The number of allylic oxidation sites excluding steroid dienone is 3. The van der Waals surface area contributed by atoms with Gasteiger partial charge >= 0.3 is 5.97 Å². The molecule has 1 amide bonds. The van der Waals surface area contributed by atoms with E-state index in [2.05, 4.69) is 99.6 Å². The van der Waals surface area contributed by atoms with E-state index in [1.165, 1.54) is 60.8 Å². The van der Waals surface area contributed by atoms with E-state index >= 15 is 0 Å². The van der Waals surface area contributed by atoms with Crippen LogP contribution in [-0.4, -0.2) is 64.0 Å². The minimum Gasteiger partial charge on any atom is -0.478 e. The summed E-state index contributed by atoms with van der Waals surface area (Å²) in [4.78, 5) is 31.0. The smallest absolute Gasteiger partial charge is 0.335 e. The highest BCUT2D eigenvalue weighted by molar-refractivity contribution is 5.88. The second-order valence-corrected chi connectivity index (χ2v) is 21.2. The minimum absolute atomic E-state index is 0.00561. The summed E-state index contributed by atoms with van der Waals surface area (Å²) in [5.41, 5.74) is 6.11. The molecule has 0 radical (unpaired) electrons. The molecule has 11 atom stereocenters. The third-order valence-corrected chi connectivity index (χ3v) is 18.5. The van der Waals surface area contributed by atoms with Crippen LogP contribution in [0.1, 0.15) is 127 Å². The van der Waals surface area contributed by atoms with Crippen LogP contribution in [0.2, 0.25) is 0 Å². The molecule has 300 valence electrons. The summed E-state index contributed by atoms with van der Waals surface area (Å²) < 4.78 is 0. The number of likely N-dealkylation sites (tertiary alicyclic amines) is 2. The number of piperazine rings is 1. The molecule has 2 bridgehead atoms. The molecule has 2 saturated heterocycles. The zero-order valence-electron chi connectivity index (χ0n) is 35.1. The van der Waals surface area contributed by atoms with Gasteiger partial charge in [0.25, 0.3) is 0 Å². The Kier molecular flexibility index (Phi) is 9.17. The van der Waals surface area contributed by atoms with Crippen LogP contribution in [-0.2, 0) is 11.3 Å². The van der Waals surface area contributed by atoms with Crippen molar-refractivity contribution in [2.24, 2.45) is 51.2 Å². The average molecular weight is 758 g/mol. The Morgan fingerprint density at radius 2 is 1.54 bits per heavy atom. The van der Waals surface area contributed by atoms with Crippen LogP contribution in [0.4, 0.5) is 0 Å². The Balaban J connectivity index is 0.935. The van der Waals surface area contributed by atoms with Gasteiger partial charge in [0.2, 0.25) is 5.91 Å². The number of fused-ring (bicyclic) bond motifs is 9. The van der Waals surface area contributed by atoms with Crippen molar-refractivity contribution < 1.29 is 14.7 Å². The molecule has 2 aromatic rings. The van der Waals surface area contributed by atoms with E-state index in [4.69, 9.17) is 0 Å². The number of hydrogen-bond acceptors (Lipinski definition) is 4. The van der Waals surface area contributed by atoms with Gasteiger partial charge in [0.1, 0.15) is 0 Å². The van der Waals surface area contributed by atoms with E-state index in [-0.39, 0.29) is 33.1 Å². The van der Waals surface area contributed by atoms with Gasteiger partial charge in [-0.15, -0.1) is 0 Å². The average Bonchev–Trinajstić information content (AvgIpc) is 3.85. The molecule has 9 rings (SSSR count). The molecule has 6 heteroatoms. The summed E-state index contributed by atoms with van der Waals surface area (Å²) >= 11 is 0. The van der Waals surface area contributed by atoms with Gasteiger partial charge in [0.15, 0.2) is 0 Å². The molecule has 56 heavy (non-hydrogen) atoms. The van der Waals surface area contributed by atoms with Crippen LogP contribution in [0.15, 0.2) is 72.8 Å². The molecule has 0 aromatic heterocycles. The first-order chi connectivity index (χ1) is 26.6. The Bertz CT molecular complexity index is 1920. The Morgan fingerprint density at radius 1 is 0.821 bits per heavy atom. The second kappa shape index (κ2) is 13.4. The Morgan fingerprint density at radius 3 is 2.21 bits per heavy atom. The lowest BCUT2D eigenvalue weighted by Gasteiger charge is -2.72. The quantitative estimate of drug-likeness (QED) is 0.263. The van der Waals surface area contributed by atoms with Gasteiger partial charge in [0.05, 0.1) is 12.1 Å². The Labute approximate surface area is 336 Å². The van der Waals surface area contributed by atoms with Gasteiger partial charge in [-0.3, -0.25) is 14.6 Å². The lowest BCUT2D eigenvalue weighted by atomic mass is 9.33. The summed E-state index contributed by atoms with van der Waals surface area (Å²) in [5, 5.41) is 13.4. The van der Waals surface area contributed by atoms with Crippen molar-refractivity contribution in [3.63, 3.8) is 0 Å². The van der Waals surface area contributed by atoms with Crippen molar-refractivity contribution in [1.29, 1.82) is 0 Å². The van der Waals surface area contributed by atoms with Crippen LogP contribution >= 0.6 is 0 Å². The number of nitrogens with one attached hydrogen (secondary N) is 1. The number of benzene rings is 2. The topological polar surface area (TPSA) is 72.9 Å². The molecule has 6 nitrogen and oxygen atoms in total. The van der Waals surface area contributed by atoms with Crippen LogP contribution in [0, 0.1) is 51.2 Å². The summed E-state index contributed by atoms with van der Waals surface area (Å²) in [6.07, 6.45) is 14.3. The zero-order chi connectivity index (χ0) is 39.4. The number of rotatable bonds is 8. The predicted octanol–water partition coefficient (Wildman–Crippen LogP) is 9.86. The van der Waals surface area contributed by atoms with Crippen molar-refractivity contribution >= 4 is 17.4 Å². The molecule has 2 aliphatic heterocycles. The van der Waals surface area contributed by atoms with Crippen LogP contribution in [0.25, 0.3) is 5.57 Å². The number of carboxylic acid groups (broad SMARTS) is 1. The molecular formula is C50H67N3O3. The molecule has 0 unspecified atom stereocenters. The van der Waals surface area contributed by atoms with Crippen molar-refractivity contribution in [2.45, 2.75) is 130 Å².